The second kappa shape index (κ2) is 7.43. The second-order valence-corrected chi connectivity index (χ2v) is 6.65. The molecule has 1 heterocycles. The van der Waals surface area contributed by atoms with Crippen LogP contribution in [-0.2, 0) is 15.3 Å². The number of morpholine rings is 1. The van der Waals surface area contributed by atoms with E-state index in [0.29, 0.717) is 36.8 Å². The first-order valence-electron chi connectivity index (χ1n) is 6.47. The number of ether oxygens (including phenoxy) is 1. The van der Waals surface area contributed by atoms with Gasteiger partial charge in [0.15, 0.2) is 0 Å². The minimum atomic E-state index is -0.237. The van der Waals surface area contributed by atoms with Gasteiger partial charge in [0.2, 0.25) is 5.91 Å². The Morgan fingerprint density at radius 2 is 2.40 bits per heavy atom. The fraction of sp³-hybridized carbons (Fsp3) is 0.500. The molecular weight excluding hydrogens is 345 g/mol. The third-order valence-electron chi connectivity index (χ3n) is 3.09. The predicted molar refractivity (Wildman–Crippen MR) is 82.3 cm³/mol. The lowest BCUT2D eigenvalue weighted by molar-refractivity contribution is -0.135. The van der Waals surface area contributed by atoms with Crippen molar-refractivity contribution in [3.05, 3.63) is 34.1 Å². The van der Waals surface area contributed by atoms with Crippen LogP contribution < -0.4 is 0 Å². The van der Waals surface area contributed by atoms with Crippen LogP contribution in [0, 0.1) is 5.82 Å². The van der Waals surface area contributed by atoms with Gasteiger partial charge in [-0.1, -0.05) is 22.0 Å². The summed E-state index contributed by atoms with van der Waals surface area (Å²) in [4.78, 5) is 13.8. The van der Waals surface area contributed by atoms with E-state index < -0.39 is 0 Å². The molecule has 0 aliphatic carbocycles. The summed E-state index contributed by atoms with van der Waals surface area (Å²) in [7, 11) is 0. The van der Waals surface area contributed by atoms with E-state index in [1.54, 1.807) is 6.07 Å². The smallest absolute Gasteiger partial charge is 0.232 e. The number of hydrogen-bond acceptors (Lipinski definition) is 3. The lowest BCUT2D eigenvalue weighted by Gasteiger charge is -2.31. The zero-order chi connectivity index (χ0) is 14.5. The van der Waals surface area contributed by atoms with Crippen molar-refractivity contribution < 1.29 is 13.9 Å². The van der Waals surface area contributed by atoms with Crippen molar-refractivity contribution in [1.82, 2.24) is 4.90 Å². The highest BCUT2D eigenvalue weighted by Crippen LogP contribution is 2.20. The second-order valence-electron chi connectivity index (χ2n) is 4.75. The van der Waals surface area contributed by atoms with Gasteiger partial charge in [-0.05, 0) is 24.6 Å². The first-order valence-corrected chi connectivity index (χ1v) is 8.42. The molecule has 1 amide bonds. The number of rotatable bonds is 4. The van der Waals surface area contributed by atoms with Gasteiger partial charge in [-0.15, -0.1) is 11.8 Å². The summed E-state index contributed by atoms with van der Waals surface area (Å²) in [6.07, 6.45) is 0.0987. The van der Waals surface area contributed by atoms with Crippen molar-refractivity contribution in [2.24, 2.45) is 0 Å². The number of benzene rings is 1. The van der Waals surface area contributed by atoms with Crippen LogP contribution in [0.3, 0.4) is 0 Å². The van der Waals surface area contributed by atoms with Crippen LogP contribution in [0.25, 0.3) is 0 Å². The highest BCUT2D eigenvalue weighted by molar-refractivity contribution is 9.10. The lowest BCUT2D eigenvalue weighted by atomic mass is 10.2. The van der Waals surface area contributed by atoms with E-state index in [1.165, 1.54) is 17.8 Å². The molecule has 1 saturated heterocycles. The van der Waals surface area contributed by atoms with E-state index >= 15 is 0 Å². The lowest BCUT2D eigenvalue weighted by Crippen LogP contribution is -2.45. The Labute approximate surface area is 131 Å². The molecule has 1 aromatic carbocycles. The van der Waals surface area contributed by atoms with E-state index in [0.717, 1.165) is 4.47 Å². The minimum Gasteiger partial charge on any atom is -0.375 e. The summed E-state index contributed by atoms with van der Waals surface area (Å²) in [5, 5.41) is 0. The van der Waals surface area contributed by atoms with Crippen molar-refractivity contribution in [3.8, 4) is 0 Å². The van der Waals surface area contributed by atoms with Crippen molar-refractivity contribution >= 4 is 33.6 Å². The van der Waals surface area contributed by atoms with Crippen LogP contribution in [0.1, 0.15) is 12.5 Å². The Hall–Kier alpha value is -0.590. The molecule has 1 atom stereocenters. The number of carbonyl (C=O) groups is 1. The maximum absolute atomic E-state index is 13.6. The number of thioether (sulfide) groups is 1. The molecule has 0 spiro atoms. The molecule has 110 valence electrons. The summed E-state index contributed by atoms with van der Waals surface area (Å²) in [6, 6.07) is 5.00. The summed E-state index contributed by atoms with van der Waals surface area (Å²) in [5.41, 5.74) is 0.626. The fourth-order valence-corrected chi connectivity index (χ4v) is 3.27. The number of hydrogen-bond donors (Lipinski definition) is 0. The fourth-order valence-electron chi connectivity index (χ4n) is 2.02. The zero-order valence-electron chi connectivity index (χ0n) is 11.3. The summed E-state index contributed by atoms with van der Waals surface area (Å²) >= 11 is 4.67. The average Bonchev–Trinajstić information content (AvgIpc) is 2.41. The zero-order valence-corrected chi connectivity index (χ0v) is 13.7. The third kappa shape index (κ3) is 4.46. The van der Waals surface area contributed by atoms with Crippen LogP contribution in [0.5, 0.6) is 0 Å². The van der Waals surface area contributed by atoms with Crippen molar-refractivity contribution in [2.45, 2.75) is 18.8 Å². The Balaban J connectivity index is 1.79. The highest BCUT2D eigenvalue weighted by atomic mass is 79.9. The largest absolute Gasteiger partial charge is 0.375 e. The topological polar surface area (TPSA) is 29.5 Å². The first kappa shape index (κ1) is 15.8. The minimum absolute atomic E-state index is 0.0987. The Bertz CT molecular complexity index is 486. The number of halogens is 2. The van der Waals surface area contributed by atoms with Gasteiger partial charge in [0.1, 0.15) is 5.82 Å². The molecule has 3 nitrogen and oxygen atoms in total. The molecule has 0 aromatic heterocycles. The number of carbonyl (C=O) groups excluding carboxylic acids is 1. The van der Waals surface area contributed by atoms with E-state index in [-0.39, 0.29) is 17.8 Å². The maximum Gasteiger partial charge on any atom is 0.232 e. The Kier molecular flexibility index (Phi) is 5.86. The molecule has 1 aliphatic rings. The molecule has 1 unspecified atom stereocenters. The van der Waals surface area contributed by atoms with E-state index in [4.69, 9.17) is 4.74 Å². The average molecular weight is 362 g/mol. The molecule has 20 heavy (non-hydrogen) atoms. The van der Waals surface area contributed by atoms with Gasteiger partial charge in [0.25, 0.3) is 0 Å². The summed E-state index contributed by atoms with van der Waals surface area (Å²) < 4.78 is 19.8. The first-order chi connectivity index (χ1) is 9.56. The maximum atomic E-state index is 13.6. The highest BCUT2D eigenvalue weighted by Gasteiger charge is 2.21. The van der Waals surface area contributed by atoms with E-state index in [1.807, 2.05) is 17.9 Å². The van der Waals surface area contributed by atoms with Crippen molar-refractivity contribution in [2.75, 3.05) is 25.4 Å². The molecular formula is C14H17BrFNO2S. The van der Waals surface area contributed by atoms with Crippen LogP contribution in [0.15, 0.2) is 22.7 Å². The van der Waals surface area contributed by atoms with Crippen LogP contribution >= 0.6 is 27.7 Å². The van der Waals surface area contributed by atoms with E-state index in [2.05, 4.69) is 15.9 Å². The van der Waals surface area contributed by atoms with Gasteiger partial charge in [0, 0.05) is 23.3 Å². The molecule has 0 saturated carbocycles. The van der Waals surface area contributed by atoms with Crippen LogP contribution in [-0.4, -0.2) is 42.4 Å². The molecule has 0 bridgehead atoms. The van der Waals surface area contributed by atoms with Crippen molar-refractivity contribution in [1.29, 1.82) is 0 Å². The predicted octanol–water partition coefficient (Wildman–Crippen LogP) is 3.07. The SMILES string of the molecule is CC1CN(C(=O)CSCc2ccc(Br)cc2F)CCO1. The molecule has 6 heteroatoms. The summed E-state index contributed by atoms with van der Waals surface area (Å²) in [6.45, 7) is 3.85. The van der Waals surface area contributed by atoms with Crippen LogP contribution in [0.2, 0.25) is 0 Å². The van der Waals surface area contributed by atoms with E-state index in [9.17, 15) is 9.18 Å². The monoisotopic (exact) mass is 361 g/mol. The summed E-state index contributed by atoms with van der Waals surface area (Å²) in [5.74, 6) is 0.745. The Morgan fingerprint density at radius 1 is 1.60 bits per heavy atom. The quantitative estimate of drug-likeness (QED) is 0.825. The normalized spacial score (nSPS) is 19.1. The Morgan fingerprint density at radius 3 is 3.10 bits per heavy atom. The molecule has 2 rings (SSSR count). The molecule has 1 aromatic rings. The van der Waals surface area contributed by atoms with Crippen molar-refractivity contribution in [3.63, 3.8) is 0 Å². The third-order valence-corrected chi connectivity index (χ3v) is 4.55. The van der Waals surface area contributed by atoms with Gasteiger partial charge in [-0.2, -0.15) is 0 Å². The number of nitrogens with zero attached hydrogens (tertiary/aromatic N) is 1. The molecule has 0 radical (unpaired) electrons. The van der Waals surface area contributed by atoms with Crippen LogP contribution in [0.4, 0.5) is 4.39 Å². The molecule has 1 aliphatic heterocycles. The van der Waals surface area contributed by atoms with Gasteiger partial charge in [-0.25, -0.2) is 4.39 Å². The van der Waals surface area contributed by atoms with Gasteiger partial charge in [0.05, 0.1) is 18.5 Å². The number of amides is 1. The van der Waals surface area contributed by atoms with Gasteiger partial charge >= 0.3 is 0 Å². The molecule has 1 fully saturated rings. The van der Waals surface area contributed by atoms with Gasteiger partial charge in [-0.3, -0.25) is 4.79 Å². The van der Waals surface area contributed by atoms with Gasteiger partial charge < -0.3 is 9.64 Å². The standard InChI is InChI=1S/C14H17BrFNO2S/c1-10-7-17(4-5-19-10)14(18)9-20-8-11-2-3-12(15)6-13(11)16/h2-3,6,10H,4-5,7-9H2,1H3. The molecule has 0 N–H and O–H groups in total.